The average Bonchev–Trinajstić information content (AvgIpc) is 2.69. The van der Waals surface area contributed by atoms with Crippen molar-refractivity contribution >= 4 is 0 Å². The fourth-order valence-corrected chi connectivity index (χ4v) is 3.46. The Morgan fingerprint density at radius 1 is 1.04 bits per heavy atom. The summed E-state index contributed by atoms with van der Waals surface area (Å²) in [6.45, 7) is 1.46. The van der Waals surface area contributed by atoms with Crippen LogP contribution >= 0.6 is 0 Å². The summed E-state index contributed by atoms with van der Waals surface area (Å²) in [6, 6.07) is 3.96. The molecule has 0 aliphatic carbocycles. The van der Waals surface area contributed by atoms with Gasteiger partial charge in [-0.1, -0.05) is 19.4 Å². The normalized spacial score (nSPS) is 28.5. The van der Waals surface area contributed by atoms with E-state index >= 15 is 0 Å². The van der Waals surface area contributed by atoms with Gasteiger partial charge in [-0.15, -0.1) is 0 Å². The largest absolute Gasteiger partial charge is 0.432 e. The molecule has 0 unspecified atom stereocenters. The van der Waals surface area contributed by atoms with E-state index in [0.717, 1.165) is 12.8 Å². The minimum absolute atomic E-state index is 0.0297. The molecule has 0 radical (unpaired) electrons. The van der Waals surface area contributed by atoms with Crippen LogP contribution in [0.3, 0.4) is 0 Å². The van der Waals surface area contributed by atoms with Gasteiger partial charge in [-0.05, 0) is 30.5 Å². The van der Waals surface area contributed by atoms with Gasteiger partial charge in [0.15, 0.2) is 24.1 Å². The van der Waals surface area contributed by atoms with E-state index in [2.05, 4.69) is 11.7 Å². The van der Waals surface area contributed by atoms with Gasteiger partial charge in [-0.25, -0.2) is 4.39 Å². The van der Waals surface area contributed by atoms with Crippen LogP contribution in [0.2, 0.25) is 0 Å². The third-order valence-corrected chi connectivity index (χ3v) is 4.95. The molecule has 1 aromatic carbocycles. The lowest BCUT2D eigenvalue weighted by Crippen LogP contribution is -2.44. The van der Waals surface area contributed by atoms with Crippen molar-refractivity contribution in [2.24, 2.45) is 11.8 Å². The molecule has 2 saturated heterocycles. The molecule has 3 rings (SSSR count). The molecule has 0 saturated carbocycles. The highest BCUT2D eigenvalue weighted by atomic mass is 19.3. The van der Waals surface area contributed by atoms with Crippen LogP contribution < -0.4 is 4.74 Å². The second-order valence-electron chi connectivity index (χ2n) is 7.23. The zero-order valence-electron chi connectivity index (χ0n) is 16.0. The van der Waals surface area contributed by atoms with E-state index in [1.54, 1.807) is 6.07 Å². The van der Waals surface area contributed by atoms with Crippen molar-refractivity contribution in [1.29, 1.82) is 0 Å². The lowest BCUT2D eigenvalue weighted by molar-refractivity contribution is -0.281. The minimum atomic E-state index is -3.05. The van der Waals surface area contributed by atoms with Crippen LogP contribution in [0.25, 0.3) is 0 Å². The van der Waals surface area contributed by atoms with E-state index in [0.29, 0.717) is 50.8 Å². The van der Waals surface area contributed by atoms with Gasteiger partial charge >= 0.3 is 6.61 Å². The van der Waals surface area contributed by atoms with Gasteiger partial charge in [0.1, 0.15) is 0 Å². The molecular weight excluding hydrogens is 377 g/mol. The fourth-order valence-electron chi connectivity index (χ4n) is 3.46. The van der Waals surface area contributed by atoms with Crippen molar-refractivity contribution in [2.75, 3.05) is 26.4 Å². The van der Waals surface area contributed by atoms with Crippen molar-refractivity contribution in [2.45, 2.75) is 51.8 Å². The molecular formula is C20H27F3O5. The topological polar surface area (TPSA) is 46.2 Å². The second-order valence-corrected chi connectivity index (χ2v) is 7.23. The van der Waals surface area contributed by atoms with Gasteiger partial charge in [0, 0.05) is 12.3 Å². The Hall–Kier alpha value is -1.35. The highest BCUT2D eigenvalue weighted by molar-refractivity contribution is 5.29. The van der Waals surface area contributed by atoms with Crippen LogP contribution in [0.15, 0.2) is 18.2 Å². The number of halogens is 3. The molecule has 0 bridgehead atoms. The summed E-state index contributed by atoms with van der Waals surface area (Å²) in [5, 5.41) is 0. The molecule has 2 heterocycles. The maximum atomic E-state index is 13.8. The number of benzene rings is 1. The fraction of sp³-hybridized carbons (Fsp3) is 0.700. The maximum absolute atomic E-state index is 13.8. The Morgan fingerprint density at radius 3 is 2.36 bits per heavy atom. The molecule has 158 valence electrons. The standard InChI is InChI=1S/C20H27F3O5/c1-2-3-14-9-26-19(27-10-14)15-11-24-18(25-12-15)7-5-13-4-6-17(16(21)8-13)28-20(22)23/h4,6,8,14-15,18-20H,2-3,5,7,9-12H2,1H3. The highest BCUT2D eigenvalue weighted by Gasteiger charge is 2.33. The van der Waals surface area contributed by atoms with Gasteiger partial charge in [-0.2, -0.15) is 8.78 Å². The molecule has 1 aromatic rings. The van der Waals surface area contributed by atoms with Crippen molar-refractivity contribution in [3.05, 3.63) is 29.6 Å². The minimum Gasteiger partial charge on any atom is -0.432 e. The number of aryl methyl sites for hydroxylation is 1. The van der Waals surface area contributed by atoms with Crippen molar-refractivity contribution in [1.82, 2.24) is 0 Å². The predicted molar refractivity (Wildman–Crippen MR) is 94.6 cm³/mol. The first-order valence-corrected chi connectivity index (χ1v) is 9.74. The quantitative estimate of drug-likeness (QED) is 0.652. The van der Waals surface area contributed by atoms with Gasteiger partial charge in [0.05, 0.1) is 32.3 Å². The van der Waals surface area contributed by atoms with Crippen LogP contribution in [0.1, 0.15) is 31.7 Å². The number of alkyl halides is 2. The van der Waals surface area contributed by atoms with Crippen molar-refractivity contribution in [3.63, 3.8) is 0 Å². The number of hydrogen-bond donors (Lipinski definition) is 0. The Kier molecular flexibility index (Phi) is 7.96. The Morgan fingerprint density at radius 2 is 1.75 bits per heavy atom. The summed E-state index contributed by atoms with van der Waals surface area (Å²) in [5.41, 5.74) is 0.661. The molecule has 2 aliphatic heterocycles. The first-order valence-electron chi connectivity index (χ1n) is 9.74. The van der Waals surface area contributed by atoms with Gasteiger partial charge in [0.2, 0.25) is 0 Å². The maximum Gasteiger partial charge on any atom is 0.387 e. The summed E-state index contributed by atoms with van der Waals surface area (Å²) in [6.07, 6.45) is 2.55. The molecule has 2 aliphatic rings. The summed E-state index contributed by atoms with van der Waals surface area (Å²) < 4.78 is 65.3. The van der Waals surface area contributed by atoms with E-state index in [9.17, 15) is 13.2 Å². The molecule has 0 N–H and O–H groups in total. The third-order valence-electron chi connectivity index (χ3n) is 4.95. The van der Waals surface area contributed by atoms with E-state index in [1.165, 1.54) is 12.1 Å². The van der Waals surface area contributed by atoms with Crippen LogP contribution in [0.5, 0.6) is 5.75 Å². The average molecular weight is 404 g/mol. The third kappa shape index (κ3) is 6.07. The second kappa shape index (κ2) is 10.4. The molecule has 0 amide bonds. The SMILES string of the molecule is CCCC1COC(C2COC(CCc3ccc(OC(F)F)c(F)c3)OC2)OC1. The molecule has 2 fully saturated rings. The molecule has 0 spiro atoms. The van der Waals surface area contributed by atoms with Crippen molar-refractivity contribution < 1.29 is 36.9 Å². The van der Waals surface area contributed by atoms with E-state index < -0.39 is 24.5 Å². The molecule has 28 heavy (non-hydrogen) atoms. The van der Waals surface area contributed by atoms with Crippen LogP contribution in [0, 0.1) is 17.7 Å². The Balaban J connectivity index is 1.38. The number of hydrogen-bond acceptors (Lipinski definition) is 5. The lowest BCUT2D eigenvalue weighted by atomic mass is 10.0. The molecule has 8 heteroatoms. The predicted octanol–water partition coefficient (Wildman–Crippen LogP) is 4.14. The first-order chi connectivity index (χ1) is 13.5. The van der Waals surface area contributed by atoms with E-state index in [4.69, 9.17) is 18.9 Å². The van der Waals surface area contributed by atoms with Crippen LogP contribution in [0.4, 0.5) is 13.2 Å². The molecule has 5 nitrogen and oxygen atoms in total. The monoisotopic (exact) mass is 404 g/mol. The zero-order valence-corrected chi connectivity index (χ0v) is 16.0. The van der Waals surface area contributed by atoms with E-state index in [-0.39, 0.29) is 12.2 Å². The first kappa shape index (κ1) is 21.4. The summed E-state index contributed by atoms with van der Waals surface area (Å²) in [4.78, 5) is 0. The van der Waals surface area contributed by atoms with E-state index in [1.807, 2.05) is 0 Å². The summed E-state index contributed by atoms with van der Waals surface area (Å²) in [7, 11) is 0. The highest BCUT2D eigenvalue weighted by Crippen LogP contribution is 2.26. The Bertz CT molecular complexity index is 600. The van der Waals surface area contributed by atoms with Crippen LogP contribution in [-0.2, 0) is 25.4 Å². The Labute approximate surface area is 163 Å². The van der Waals surface area contributed by atoms with Gasteiger partial charge in [-0.3, -0.25) is 0 Å². The van der Waals surface area contributed by atoms with Crippen LogP contribution in [-0.4, -0.2) is 45.6 Å². The lowest BCUT2D eigenvalue weighted by Gasteiger charge is -2.37. The van der Waals surface area contributed by atoms with Gasteiger partial charge in [0.25, 0.3) is 0 Å². The van der Waals surface area contributed by atoms with Gasteiger partial charge < -0.3 is 23.7 Å². The molecule has 0 aromatic heterocycles. The number of rotatable bonds is 8. The summed E-state index contributed by atoms with van der Waals surface area (Å²) in [5.74, 6) is -0.781. The number of ether oxygens (including phenoxy) is 5. The summed E-state index contributed by atoms with van der Waals surface area (Å²) >= 11 is 0. The van der Waals surface area contributed by atoms with Crippen molar-refractivity contribution in [3.8, 4) is 5.75 Å². The zero-order chi connectivity index (χ0) is 19.9. The molecule has 0 atom stereocenters. The smallest absolute Gasteiger partial charge is 0.387 e.